The van der Waals surface area contributed by atoms with Gasteiger partial charge in [-0.05, 0) is 18.6 Å². The first kappa shape index (κ1) is 13.2. The van der Waals surface area contributed by atoms with Crippen LogP contribution in [0.1, 0.15) is 19.2 Å². The van der Waals surface area contributed by atoms with Crippen molar-refractivity contribution in [2.75, 3.05) is 11.1 Å². The number of halogens is 2. The van der Waals surface area contributed by atoms with Gasteiger partial charge in [-0.1, -0.05) is 6.92 Å². The molecule has 2 aromatic rings. The highest BCUT2D eigenvalue weighted by Crippen LogP contribution is 2.19. The lowest BCUT2D eigenvalue weighted by atomic mass is 10.3. The highest BCUT2D eigenvalue weighted by Gasteiger charge is 2.05. The minimum Gasteiger partial charge on any atom is -0.384 e. The molecule has 0 atom stereocenters. The molecule has 1 aromatic carbocycles. The third-order valence-corrected chi connectivity index (χ3v) is 2.46. The number of nitrogen functional groups attached to an aromatic ring is 1. The van der Waals surface area contributed by atoms with Crippen molar-refractivity contribution in [1.82, 2.24) is 9.97 Å². The van der Waals surface area contributed by atoms with E-state index in [-0.39, 0.29) is 0 Å². The summed E-state index contributed by atoms with van der Waals surface area (Å²) < 4.78 is 25.9. The first-order valence-electron chi connectivity index (χ1n) is 5.94. The van der Waals surface area contributed by atoms with Crippen molar-refractivity contribution in [3.8, 4) is 0 Å². The van der Waals surface area contributed by atoms with Gasteiger partial charge < -0.3 is 11.1 Å². The number of aromatic nitrogens is 2. The van der Waals surface area contributed by atoms with E-state index in [4.69, 9.17) is 5.73 Å². The second-order valence-electron chi connectivity index (χ2n) is 4.10. The van der Waals surface area contributed by atoms with Gasteiger partial charge in [-0.3, -0.25) is 0 Å². The number of benzene rings is 1. The van der Waals surface area contributed by atoms with E-state index in [0.29, 0.717) is 29.6 Å². The zero-order valence-corrected chi connectivity index (χ0v) is 10.5. The Labute approximate surface area is 109 Å². The molecule has 0 aliphatic rings. The Morgan fingerprint density at radius 2 is 1.95 bits per heavy atom. The molecule has 0 saturated carbocycles. The standard InChI is InChI=1S/C13H14F2N4/c1-2-3-12-18-11(16)7-13(19-12)17-8-4-5-9(14)10(15)6-8/h4-7H,2-3H2,1H3,(H3,16,17,18,19). The monoisotopic (exact) mass is 264 g/mol. The zero-order chi connectivity index (χ0) is 13.8. The minimum atomic E-state index is -0.916. The summed E-state index contributed by atoms with van der Waals surface area (Å²) in [7, 11) is 0. The topological polar surface area (TPSA) is 63.8 Å². The fourth-order valence-electron chi connectivity index (χ4n) is 1.64. The van der Waals surface area contributed by atoms with Crippen LogP contribution in [0.3, 0.4) is 0 Å². The van der Waals surface area contributed by atoms with Crippen molar-refractivity contribution >= 4 is 17.3 Å². The molecular weight excluding hydrogens is 250 g/mol. The highest BCUT2D eigenvalue weighted by atomic mass is 19.2. The molecule has 100 valence electrons. The molecule has 0 fully saturated rings. The molecule has 0 unspecified atom stereocenters. The first-order chi connectivity index (χ1) is 9.08. The third-order valence-electron chi connectivity index (χ3n) is 2.46. The van der Waals surface area contributed by atoms with Crippen LogP contribution in [0.15, 0.2) is 24.3 Å². The van der Waals surface area contributed by atoms with Gasteiger partial charge >= 0.3 is 0 Å². The second kappa shape index (κ2) is 5.60. The van der Waals surface area contributed by atoms with E-state index in [9.17, 15) is 8.78 Å². The second-order valence-corrected chi connectivity index (χ2v) is 4.10. The van der Waals surface area contributed by atoms with Crippen LogP contribution in [0.25, 0.3) is 0 Å². The lowest BCUT2D eigenvalue weighted by molar-refractivity contribution is 0.509. The van der Waals surface area contributed by atoms with Gasteiger partial charge in [-0.2, -0.15) is 0 Å². The molecule has 0 aliphatic heterocycles. The van der Waals surface area contributed by atoms with Gasteiger partial charge in [0.05, 0.1) is 0 Å². The molecule has 0 bridgehead atoms. The maximum absolute atomic E-state index is 13.1. The summed E-state index contributed by atoms with van der Waals surface area (Å²) in [6.45, 7) is 2.01. The van der Waals surface area contributed by atoms with Crippen LogP contribution in [0, 0.1) is 11.6 Å². The van der Waals surface area contributed by atoms with E-state index in [0.717, 1.165) is 18.6 Å². The lowest BCUT2D eigenvalue weighted by Gasteiger charge is -2.08. The summed E-state index contributed by atoms with van der Waals surface area (Å²) in [5.74, 6) is -0.390. The minimum absolute atomic E-state index is 0.337. The quantitative estimate of drug-likeness (QED) is 0.891. The van der Waals surface area contributed by atoms with Crippen LogP contribution < -0.4 is 11.1 Å². The maximum Gasteiger partial charge on any atom is 0.160 e. The van der Waals surface area contributed by atoms with Crippen LogP contribution in [0.2, 0.25) is 0 Å². The van der Waals surface area contributed by atoms with Crippen LogP contribution in [-0.4, -0.2) is 9.97 Å². The summed E-state index contributed by atoms with van der Waals surface area (Å²) in [6.07, 6.45) is 1.60. The maximum atomic E-state index is 13.1. The van der Waals surface area contributed by atoms with Crippen LogP contribution in [-0.2, 0) is 6.42 Å². The van der Waals surface area contributed by atoms with Gasteiger partial charge in [0, 0.05) is 24.2 Å². The highest BCUT2D eigenvalue weighted by molar-refractivity contribution is 5.58. The summed E-state index contributed by atoms with van der Waals surface area (Å²) >= 11 is 0. The van der Waals surface area contributed by atoms with Crippen molar-refractivity contribution in [3.63, 3.8) is 0 Å². The van der Waals surface area contributed by atoms with Crippen molar-refractivity contribution in [2.24, 2.45) is 0 Å². The molecule has 4 nitrogen and oxygen atoms in total. The number of nitrogens with one attached hydrogen (secondary N) is 1. The van der Waals surface area contributed by atoms with Gasteiger partial charge in [0.15, 0.2) is 11.6 Å². The predicted octanol–water partition coefficient (Wildman–Crippen LogP) is 3.03. The van der Waals surface area contributed by atoms with Crippen molar-refractivity contribution < 1.29 is 8.78 Å². The molecule has 0 radical (unpaired) electrons. The van der Waals surface area contributed by atoms with Crippen LogP contribution >= 0.6 is 0 Å². The summed E-state index contributed by atoms with van der Waals surface area (Å²) in [4.78, 5) is 8.34. The van der Waals surface area contributed by atoms with Gasteiger partial charge in [-0.25, -0.2) is 18.7 Å². The molecule has 1 heterocycles. The first-order valence-corrected chi connectivity index (χ1v) is 5.94. The van der Waals surface area contributed by atoms with Gasteiger partial charge in [0.2, 0.25) is 0 Å². The molecule has 0 amide bonds. The smallest absolute Gasteiger partial charge is 0.160 e. The van der Waals surface area contributed by atoms with Crippen molar-refractivity contribution in [1.29, 1.82) is 0 Å². The fourth-order valence-corrected chi connectivity index (χ4v) is 1.64. The van der Waals surface area contributed by atoms with Gasteiger partial charge in [0.1, 0.15) is 17.5 Å². The van der Waals surface area contributed by atoms with Crippen molar-refractivity contribution in [3.05, 3.63) is 41.7 Å². The lowest BCUT2D eigenvalue weighted by Crippen LogP contribution is -2.03. The van der Waals surface area contributed by atoms with E-state index in [1.807, 2.05) is 6.92 Å². The zero-order valence-electron chi connectivity index (χ0n) is 10.5. The fraction of sp³-hybridized carbons (Fsp3) is 0.231. The number of hydrogen-bond donors (Lipinski definition) is 2. The molecule has 2 rings (SSSR count). The van der Waals surface area contributed by atoms with E-state index in [1.165, 1.54) is 6.07 Å². The van der Waals surface area contributed by atoms with Gasteiger partial charge in [0.25, 0.3) is 0 Å². The third kappa shape index (κ3) is 3.37. The molecule has 0 spiro atoms. The number of hydrogen-bond acceptors (Lipinski definition) is 4. The average molecular weight is 264 g/mol. The Morgan fingerprint density at radius 1 is 1.16 bits per heavy atom. The molecule has 6 heteroatoms. The number of nitrogens with zero attached hydrogens (tertiary/aromatic N) is 2. The van der Waals surface area contributed by atoms with E-state index >= 15 is 0 Å². The molecular formula is C13H14F2N4. The molecule has 1 aromatic heterocycles. The molecule has 3 N–H and O–H groups in total. The molecule has 0 aliphatic carbocycles. The Kier molecular flexibility index (Phi) is 3.89. The largest absolute Gasteiger partial charge is 0.384 e. The van der Waals surface area contributed by atoms with E-state index in [1.54, 1.807) is 6.07 Å². The summed E-state index contributed by atoms with van der Waals surface area (Å²) in [5, 5.41) is 2.87. The van der Waals surface area contributed by atoms with Crippen LogP contribution in [0.5, 0.6) is 0 Å². The number of aryl methyl sites for hydroxylation is 1. The van der Waals surface area contributed by atoms with Gasteiger partial charge in [-0.15, -0.1) is 0 Å². The Balaban J connectivity index is 2.24. The molecule has 0 saturated heterocycles. The number of nitrogens with two attached hydrogens (primary N) is 1. The van der Waals surface area contributed by atoms with Crippen molar-refractivity contribution in [2.45, 2.75) is 19.8 Å². The Hall–Kier alpha value is -2.24. The Morgan fingerprint density at radius 3 is 2.63 bits per heavy atom. The van der Waals surface area contributed by atoms with Crippen LogP contribution in [0.4, 0.5) is 26.1 Å². The Bertz CT molecular complexity index is 587. The number of rotatable bonds is 4. The number of anilines is 3. The predicted molar refractivity (Wildman–Crippen MR) is 70.1 cm³/mol. The van der Waals surface area contributed by atoms with E-state index in [2.05, 4.69) is 15.3 Å². The average Bonchev–Trinajstić information content (AvgIpc) is 2.33. The SMILES string of the molecule is CCCc1nc(N)cc(Nc2ccc(F)c(F)c2)n1. The molecule has 19 heavy (non-hydrogen) atoms. The summed E-state index contributed by atoms with van der Waals surface area (Å²) in [6, 6.07) is 5.08. The normalized spacial score (nSPS) is 10.5. The van der Waals surface area contributed by atoms with E-state index < -0.39 is 11.6 Å². The summed E-state index contributed by atoms with van der Waals surface area (Å²) in [5.41, 5.74) is 6.07.